The van der Waals surface area contributed by atoms with Crippen molar-refractivity contribution in [3.05, 3.63) is 17.2 Å². The fourth-order valence-electron chi connectivity index (χ4n) is 2.51. The van der Waals surface area contributed by atoms with Crippen LogP contribution in [0.2, 0.25) is 0 Å². The molecular weight excluding hydrogens is 270 g/mol. The van der Waals surface area contributed by atoms with Crippen LogP contribution in [-0.4, -0.2) is 34.6 Å². The molecule has 108 valence electrons. The lowest BCUT2D eigenvalue weighted by atomic mass is 10.4. The fourth-order valence-corrected chi connectivity index (χ4v) is 2.51. The molecule has 7 nitrogen and oxygen atoms in total. The number of hydroxylamine groups is 2. The zero-order chi connectivity index (χ0) is 14.4. The van der Waals surface area contributed by atoms with Gasteiger partial charge in [-0.1, -0.05) is 0 Å². The fraction of sp³-hybridized carbons (Fsp3) is 0.545. The zero-order valence-corrected chi connectivity index (χ0v) is 11.1. The third-order valence-electron chi connectivity index (χ3n) is 3.40. The number of alkyl halides is 2. The van der Waals surface area contributed by atoms with Crippen molar-refractivity contribution in [2.24, 2.45) is 0 Å². The van der Waals surface area contributed by atoms with E-state index in [1.54, 1.807) is 4.57 Å². The number of fused-ring (bicyclic) bond motifs is 1. The summed E-state index contributed by atoms with van der Waals surface area (Å²) in [4.78, 5) is 4.34. The first-order valence-electron chi connectivity index (χ1n) is 6.25. The summed E-state index contributed by atoms with van der Waals surface area (Å²) in [6.45, 7) is 1.83. The molecule has 1 N–H and O–H groups in total. The van der Waals surface area contributed by atoms with Crippen molar-refractivity contribution in [3.63, 3.8) is 0 Å². The van der Waals surface area contributed by atoms with Gasteiger partial charge in [0.05, 0.1) is 24.5 Å². The summed E-state index contributed by atoms with van der Waals surface area (Å²) in [5, 5.41) is 18.2. The highest BCUT2D eigenvalue weighted by Gasteiger charge is 2.29. The largest absolute Gasteiger partial charge is 0.324 e. The van der Waals surface area contributed by atoms with E-state index in [2.05, 4.69) is 15.2 Å². The van der Waals surface area contributed by atoms with Crippen LogP contribution in [0.1, 0.15) is 30.7 Å². The third kappa shape index (κ3) is 1.81. The smallest absolute Gasteiger partial charge is 0.321 e. The van der Waals surface area contributed by atoms with E-state index in [1.165, 1.54) is 6.92 Å². The van der Waals surface area contributed by atoms with Gasteiger partial charge in [-0.3, -0.25) is 0 Å². The lowest BCUT2D eigenvalue weighted by Crippen LogP contribution is -2.14. The molecule has 0 bridgehead atoms. The minimum Gasteiger partial charge on any atom is -0.324 e. The molecule has 2 aromatic heterocycles. The van der Waals surface area contributed by atoms with Crippen LogP contribution >= 0.6 is 0 Å². The Morgan fingerprint density at radius 3 is 2.65 bits per heavy atom. The second kappa shape index (κ2) is 4.60. The molecule has 9 heteroatoms. The summed E-state index contributed by atoms with van der Waals surface area (Å²) >= 11 is 0. The monoisotopic (exact) mass is 284 g/mol. The molecule has 0 saturated heterocycles. The van der Waals surface area contributed by atoms with E-state index in [0.29, 0.717) is 24.6 Å². The van der Waals surface area contributed by atoms with Crippen LogP contribution in [0.15, 0.2) is 0 Å². The Bertz CT molecular complexity index is 650. The van der Waals surface area contributed by atoms with Gasteiger partial charge >= 0.3 is 6.55 Å². The molecule has 20 heavy (non-hydrogen) atoms. The van der Waals surface area contributed by atoms with Gasteiger partial charge in [0.1, 0.15) is 5.82 Å². The number of nitrogens with zero attached hydrogens (tertiary/aromatic N) is 6. The summed E-state index contributed by atoms with van der Waals surface area (Å²) in [5.74, 6) is 0.564. The van der Waals surface area contributed by atoms with Crippen molar-refractivity contribution in [2.45, 2.75) is 40.0 Å². The molecular formula is C11H14F2N6O. The van der Waals surface area contributed by atoms with Crippen LogP contribution in [0.5, 0.6) is 0 Å². The van der Waals surface area contributed by atoms with Crippen molar-refractivity contribution >= 4 is 0 Å². The highest BCUT2D eigenvalue weighted by atomic mass is 19.3. The van der Waals surface area contributed by atoms with Crippen molar-refractivity contribution < 1.29 is 14.0 Å². The van der Waals surface area contributed by atoms with Crippen LogP contribution in [0, 0.1) is 6.92 Å². The van der Waals surface area contributed by atoms with Gasteiger partial charge < -0.3 is 9.77 Å². The first-order chi connectivity index (χ1) is 9.52. The Morgan fingerprint density at radius 2 is 2.00 bits per heavy atom. The molecule has 0 fully saturated rings. The predicted molar refractivity (Wildman–Crippen MR) is 63.9 cm³/mol. The molecule has 0 amide bonds. The third-order valence-corrected chi connectivity index (χ3v) is 3.40. The predicted octanol–water partition coefficient (Wildman–Crippen LogP) is 1.57. The van der Waals surface area contributed by atoms with Gasteiger partial charge in [-0.25, -0.2) is 9.55 Å². The van der Waals surface area contributed by atoms with E-state index in [9.17, 15) is 14.0 Å². The molecule has 1 aliphatic rings. The molecule has 0 atom stereocenters. The molecule has 0 saturated carbocycles. The van der Waals surface area contributed by atoms with Gasteiger partial charge in [-0.2, -0.15) is 13.8 Å². The molecule has 0 aromatic carbocycles. The van der Waals surface area contributed by atoms with E-state index >= 15 is 0 Å². The number of halogens is 2. The van der Waals surface area contributed by atoms with Crippen LogP contribution in [0.25, 0.3) is 11.6 Å². The van der Waals surface area contributed by atoms with Crippen molar-refractivity contribution in [1.29, 1.82) is 0 Å². The van der Waals surface area contributed by atoms with Gasteiger partial charge in [0.2, 0.25) is 5.82 Å². The normalized spacial score (nSPS) is 15.3. The summed E-state index contributed by atoms with van der Waals surface area (Å²) in [6.07, 6.45) is 0. The molecule has 3 heterocycles. The molecule has 3 rings (SSSR count). The molecule has 2 aromatic rings. The van der Waals surface area contributed by atoms with Crippen LogP contribution in [0.3, 0.4) is 0 Å². The Kier molecular flexibility index (Phi) is 3.02. The van der Waals surface area contributed by atoms with Crippen molar-refractivity contribution in [1.82, 2.24) is 29.4 Å². The first-order valence-corrected chi connectivity index (χ1v) is 6.25. The number of hydrogen-bond acceptors (Lipinski definition) is 5. The minimum absolute atomic E-state index is 0.0539. The molecule has 0 unspecified atom stereocenters. The summed E-state index contributed by atoms with van der Waals surface area (Å²) in [7, 11) is 0. The Labute approximate surface area is 113 Å². The lowest BCUT2D eigenvalue weighted by molar-refractivity contribution is -0.0985. The van der Waals surface area contributed by atoms with Gasteiger partial charge in [-0.15, -0.1) is 10.2 Å². The standard InChI is InChI=1S/C11H14F2N6O/c1-3-18-8-5-17(20)4-7(8)14-9(18)10-16-15-6(2)19(10)11(12)13/h11,20H,3-5H2,1-2H3. The highest BCUT2D eigenvalue weighted by Crippen LogP contribution is 2.29. The molecule has 0 spiro atoms. The van der Waals surface area contributed by atoms with Gasteiger partial charge in [0, 0.05) is 6.54 Å². The number of aromatic nitrogens is 5. The summed E-state index contributed by atoms with van der Waals surface area (Å²) in [6, 6.07) is 0. The molecule has 0 radical (unpaired) electrons. The van der Waals surface area contributed by atoms with Gasteiger partial charge in [0.25, 0.3) is 0 Å². The van der Waals surface area contributed by atoms with E-state index in [0.717, 1.165) is 15.3 Å². The van der Waals surface area contributed by atoms with Crippen molar-refractivity contribution in [3.8, 4) is 11.6 Å². The maximum atomic E-state index is 13.1. The van der Waals surface area contributed by atoms with Crippen molar-refractivity contribution in [2.75, 3.05) is 0 Å². The van der Waals surface area contributed by atoms with Gasteiger partial charge in [0.15, 0.2) is 5.82 Å². The quantitative estimate of drug-likeness (QED) is 0.926. The van der Waals surface area contributed by atoms with E-state index in [1.807, 2.05) is 6.92 Å². The second-order valence-corrected chi connectivity index (χ2v) is 4.61. The zero-order valence-electron chi connectivity index (χ0n) is 11.1. The highest BCUT2D eigenvalue weighted by molar-refractivity contribution is 5.48. The SMILES string of the molecule is CCn1c(-c2nnc(C)n2C(F)F)nc2c1CN(O)C2. The topological polar surface area (TPSA) is 72.0 Å². The van der Waals surface area contributed by atoms with Gasteiger partial charge in [-0.05, 0) is 13.8 Å². The number of rotatable bonds is 3. The van der Waals surface area contributed by atoms with E-state index < -0.39 is 6.55 Å². The van der Waals surface area contributed by atoms with E-state index in [-0.39, 0.29) is 18.2 Å². The number of hydrogen-bond donors (Lipinski definition) is 1. The maximum Gasteiger partial charge on any atom is 0.321 e. The summed E-state index contributed by atoms with van der Waals surface area (Å²) < 4.78 is 28.8. The lowest BCUT2D eigenvalue weighted by Gasteiger charge is -2.11. The average Bonchev–Trinajstić information content (AvgIpc) is 3.00. The van der Waals surface area contributed by atoms with Crippen LogP contribution in [-0.2, 0) is 19.6 Å². The van der Waals surface area contributed by atoms with E-state index in [4.69, 9.17) is 0 Å². The maximum absolute atomic E-state index is 13.1. The summed E-state index contributed by atoms with van der Waals surface area (Å²) in [5.41, 5.74) is 1.51. The average molecular weight is 284 g/mol. The second-order valence-electron chi connectivity index (χ2n) is 4.61. The Morgan fingerprint density at radius 1 is 1.25 bits per heavy atom. The Balaban J connectivity index is 2.15. The molecule has 1 aliphatic heterocycles. The van der Waals surface area contributed by atoms with Crippen LogP contribution in [0.4, 0.5) is 8.78 Å². The molecule has 0 aliphatic carbocycles. The number of imidazole rings is 1. The number of aryl methyl sites for hydroxylation is 1. The van der Waals surface area contributed by atoms with Crippen LogP contribution < -0.4 is 0 Å². The first kappa shape index (κ1) is 13.1. The minimum atomic E-state index is -2.72. The Hall–Kier alpha value is -1.87.